The zero-order chi connectivity index (χ0) is 18.9. The predicted molar refractivity (Wildman–Crippen MR) is 94.2 cm³/mol. The molecule has 1 atom stereocenters. The van der Waals surface area contributed by atoms with Crippen LogP contribution in [0.4, 0.5) is 5.69 Å². The molecule has 0 radical (unpaired) electrons. The van der Waals surface area contributed by atoms with Gasteiger partial charge in [0.15, 0.2) is 0 Å². The largest absolute Gasteiger partial charge is 0.350 e. The van der Waals surface area contributed by atoms with E-state index in [0.717, 1.165) is 0 Å². The molecule has 1 aromatic rings. The predicted octanol–water partition coefficient (Wildman–Crippen LogP) is 1.22. The number of nitro groups is 1. The van der Waals surface area contributed by atoms with Crippen LogP contribution in [-0.2, 0) is 16.1 Å². The van der Waals surface area contributed by atoms with Crippen LogP contribution in [0, 0.1) is 24.0 Å². The molecule has 1 aromatic heterocycles. The molecule has 0 aromatic carbocycles. The van der Waals surface area contributed by atoms with Crippen LogP contribution in [-0.4, -0.2) is 54.6 Å². The number of rotatable bonds is 4. The lowest BCUT2D eigenvalue weighted by molar-refractivity contribution is -0.386. The minimum atomic E-state index is -0.538. The molecular formula is C15H23N5O4S. The summed E-state index contributed by atoms with van der Waals surface area (Å²) in [5.41, 5.74) is 0.146. The number of aryl methyl sites for hydroxylation is 1. The van der Waals surface area contributed by atoms with Crippen molar-refractivity contribution in [3.8, 4) is 0 Å². The van der Waals surface area contributed by atoms with E-state index in [2.05, 4.69) is 10.4 Å². The summed E-state index contributed by atoms with van der Waals surface area (Å²) in [5, 5.41) is 18.1. The molecule has 2 amide bonds. The lowest BCUT2D eigenvalue weighted by atomic mass is 10.1. The molecule has 0 spiro atoms. The summed E-state index contributed by atoms with van der Waals surface area (Å²) in [7, 11) is 0. The Morgan fingerprint density at radius 1 is 1.40 bits per heavy atom. The van der Waals surface area contributed by atoms with Crippen molar-refractivity contribution in [1.29, 1.82) is 0 Å². The van der Waals surface area contributed by atoms with Crippen molar-refractivity contribution in [2.24, 2.45) is 0 Å². The molecule has 25 heavy (non-hydrogen) atoms. The minimum Gasteiger partial charge on any atom is -0.350 e. The van der Waals surface area contributed by atoms with Crippen LogP contribution < -0.4 is 5.32 Å². The highest BCUT2D eigenvalue weighted by atomic mass is 32.2. The van der Waals surface area contributed by atoms with E-state index in [0.29, 0.717) is 17.3 Å². The quantitative estimate of drug-likeness (QED) is 0.631. The van der Waals surface area contributed by atoms with Gasteiger partial charge < -0.3 is 10.2 Å². The Hall–Kier alpha value is -2.10. The van der Waals surface area contributed by atoms with Crippen LogP contribution in [0.3, 0.4) is 0 Å². The fraction of sp³-hybridized carbons (Fsp3) is 0.667. The molecule has 1 aliphatic rings. The highest BCUT2D eigenvalue weighted by Gasteiger charge is 2.36. The van der Waals surface area contributed by atoms with Crippen LogP contribution in [0.15, 0.2) is 0 Å². The number of amides is 2. The van der Waals surface area contributed by atoms with Crippen molar-refractivity contribution < 1.29 is 14.5 Å². The molecule has 9 nitrogen and oxygen atoms in total. The smallest absolute Gasteiger partial charge is 0.312 e. The average Bonchev–Trinajstić information content (AvgIpc) is 3.02. The number of thioether (sulfide) groups is 1. The second-order valence-electron chi connectivity index (χ2n) is 7.05. The molecular weight excluding hydrogens is 346 g/mol. The van der Waals surface area contributed by atoms with Crippen molar-refractivity contribution in [3.05, 3.63) is 21.5 Å². The molecule has 1 aliphatic heterocycles. The Morgan fingerprint density at radius 3 is 2.56 bits per heavy atom. The third kappa shape index (κ3) is 4.30. The number of nitrogens with one attached hydrogen (secondary N) is 1. The van der Waals surface area contributed by atoms with Gasteiger partial charge in [-0.2, -0.15) is 5.10 Å². The van der Waals surface area contributed by atoms with Crippen LogP contribution in [0.25, 0.3) is 0 Å². The second-order valence-corrected chi connectivity index (χ2v) is 8.05. The van der Waals surface area contributed by atoms with E-state index in [1.807, 2.05) is 20.8 Å². The molecule has 0 saturated carbocycles. The number of hydrogen-bond acceptors (Lipinski definition) is 6. The van der Waals surface area contributed by atoms with E-state index in [1.165, 1.54) is 28.3 Å². The van der Waals surface area contributed by atoms with Gasteiger partial charge in [0.1, 0.15) is 24.0 Å². The fourth-order valence-electron chi connectivity index (χ4n) is 2.68. The number of carbonyl (C=O) groups is 2. The summed E-state index contributed by atoms with van der Waals surface area (Å²) in [5.74, 6) is 0.484. The normalized spacial score (nSPS) is 17.6. The van der Waals surface area contributed by atoms with E-state index < -0.39 is 11.0 Å². The van der Waals surface area contributed by atoms with Crippen molar-refractivity contribution in [1.82, 2.24) is 20.0 Å². The summed E-state index contributed by atoms with van der Waals surface area (Å²) in [6.45, 7) is 8.63. The Morgan fingerprint density at radius 2 is 2.04 bits per heavy atom. The molecule has 10 heteroatoms. The summed E-state index contributed by atoms with van der Waals surface area (Å²) in [6, 6.07) is -0.538. The van der Waals surface area contributed by atoms with Crippen molar-refractivity contribution in [2.75, 3.05) is 11.6 Å². The maximum absolute atomic E-state index is 12.6. The first-order valence-electron chi connectivity index (χ1n) is 7.89. The molecule has 1 saturated heterocycles. The van der Waals surface area contributed by atoms with E-state index in [4.69, 9.17) is 0 Å². The molecule has 1 unspecified atom stereocenters. The van der Waals surface area contributed by atoms with Gasteiger partial charge in [-0.05, 0) is 34.6 Å². The van der Waals surface area contributed by atoms with Gasteiger partial charge in [0.25, 0.3) is 0 Å². The molecule has 2 heterocycles. The Balaban J connectivity index is 2.14. The van der Waals surface area contributed by atoms with Crippen LogP contribution in [0.2, 0.25) is 0 Å². The number of hydrogen-bond donors (Lipinski definition) is 1. The Kier molecular flexibility index (Phi) is 5.40. The van der Waals surface area contributed by atoms with E-state index in [-0.39, 0.29) is 35.3 Å². The van der Waals surface area contributed by atoms with E-state index >= 15 is 0 Å². The second kappa shape index (κ2) is 7.03. The highest BCUT2D eigenvalue weighted by Crippen LogP contribution is 2.24. The minimum absolute atomic E-state index is 0.0781. The molecule has 0 aliphatic carbocycles. The van der Waals surface area contributed by atoms with E-state index in [9.17, 15) is 19.7 Å². The zero-order valence-corrected chi connectivity index (χ0v) is 15.8. The number of aromatic nitrogens is 2. The lowest BCUT2D eigenvalue weighted by Gasteiger charge is -2.27. The van der Waals surface area contributed by atoms with Gasteiger partial charge in [-0.1, -0.05) is 0 Å². The first-order valence-corrected chi connectivity index (χ1v) is 9.04. The zero-order valence-electron chi connectivity index (χ0n) is 15.0. The maximum Gasteiger partial charge on any atom is 0.312 e. The third-order valence-corrected chi connectivity index (χ3v) is 4.83. The summed E-state index contributed by atoms with van der Waals surface area (Å²) in [6.07, 6.45) is 0. The average molecular weight is 369 g/mol. The van der Waals surface area contributed by atoms with Crippen LogP contribution in [0.5, 0.6) is 0 Å². The van der Waals surface area contributed by atoms with Crippen molar-refractivity contribution >= 4 is 29.3 Å². The van der Waals surface area contributed by atoms with Crippen LogP contribution in [0.1, 0.15) is 32.2 Å². The van der Waals surface area contributed by atoms with Crippen molar-refractivity contribution in [3.63, 3.8) is 0 Å². The van der Waals surface area contributed by atoms with Crippen LogP contribution >= 0.6 is 11.8 Å². The standard InChI is InChI=1S/C15H23N5O4S/c1-9-13(20(23)24)10(2)19(17-9)6-12(21)18-8-25-7-11(18)14(22)16-15(3,4)5/h11H,6-8H2,1-5H3,(H,16,22). The number of carbonyl (C=O) groups excluding carboxylic acids is 2. The lowest BCUT2D eigenvalue weighted by Crippen LogP contribution is -2.52. The van der Waals surface area contributed by atoms with Gasteiger partial charge in [0, 0.05) is 11.3 Å². The van der Waals surface area contributed by atoms with Gasteiger partial charge in [-0.25, -0.2) is 0 Å². The Labute approximate surface area is 150 Å². The molecule has 2 rings (SSSR count). The Bertz CT molecular complexity index is 710. The topological polar surface area (TPSA) is 110 Å². The first kappa shape index (κ1) is 19.2. The molecule has 138 valence electrons. The SMILES string of the molecule is Cc1nn(CC(=O)N2CSCC2C(=O)NC(C)(C)C)c(C)c1[N+](=O)[O-]. The van der Waals surface area contributed by atoms with Gasteiger partial charge in [-0.15, -0.1) is 11.8 Å². The monoisotopic (exact) mass is 369 g/mol. The third-order valence-electron chi connectivity index (χ3n) is 3.81. The van der Waals surface area contributed by atoms with Gasteiger partial charge in [0.2, 0.25) is 11.8 Å². The summed E-state index contributed by atoms with van der Waals surface area (Å²) in [4.78, 5) is 37.1. The van der Waals surface area contributed by atoms with E-state index in [1.54, 1.807) is 6.92 Å². The highest BCUT2D eigenvalue weighted by molar-refractivity contribution is 7.99. The fourth-order valence-corrected chi connectivity index (χ4v) is 3.86. The van der Waals surface area contributed by atoms with Gasteiger partial charge in [0.05, 0.1) is 10.8 Å². The first-order chi connectivity index (χ1) is 11.5. The summed E-state index contributed by atoms with van der Waals surface area (Å²) >= 11 is 1.51. The maximum atomic E-state index is 12.6. The molecule has 0 bridgehead atoms. The molecule has 1 fully saturated rings. The van der Waals surface area contributed by atoms with Gasteiger partial charge in [-0.3, -0.25) is 24.4 Å². The van der Waals surface area contributed by atoms with Crippen molar-refractivity contribution in [2.45, 2.75) is 52.7 Å². The van der Waals surface area contributed by atoms with Gasteiger partial charge >= 0.3 is 5.69 Å². The summed E-state index contributed by atoms with van der Waals surface area (Å²) < 4.78 is 1.33. The number of nitrogens with zero attached hydrogens (tertiary/aromatic N) is 4. The molecule has 1 N–H and O–H groups in total.